The second-order valence-corrected chi connectivity index (χ2v) is 15.9. The van der Waals surface area contributed by atoms with Gasteiger partial charge in [-0.3, -0.25) is 13.8 Å². The third-order valence-corrected chi connectivity index (χ3v) is 10.4. The summed E-state index contributed by atoms with van der Waals surface area (Å²) < 4.78 is 22.0. The van der Waals surface area contributed by atoms with E-state index in [4.69, 9.17) is 14.8 Å². The lowest BCUT2D eigenvalue weighted by Crippen LogP contribution is -2.46. The minimum absolute atomic E-state index is 0.0513. The number of phosphoric ester groups is 1. The van der Waals surface area contributed by atoms with E-state index in [9.17, 15) is 24.5 Å². The van der Waals surface area contributed by atoms with E-state index < -0.39 is 38.6 Å². The van der Waals surface area contributed by atoms with E-state index in [1.807, 2.05) is 6.08 Å². The smallest absolute Gasteiger partial charge is 0.393 e. The van der Waals surface area contributed by atoms with E-state index in [0.717, 1.165) is 38.5 Å². The van der Waals surface area contributed by atoms with Crippen LogP contribution in [0.15, 0.2) is 12.2 Å². The summed E-state index contributed by atoms with van der Waals surface area (Å²) in [5.74, 6) is -0.444. The standard InChI is InChI=1S/C40H81N2O7P/c1-3-5-7-9-11-13-15-17-18-20-21-23-25-27-29-31-37(43)35-40(45)42-38(36-49-50(46,47)48-34-33-41)39(44)32-30-28-26-24-22-19-16-14-12-10-8-6-4-2/h30,32,37-39,43-44H,3-29,31,33-36,41H2,1-2H3,(H,42,45)(H,46,47)/b32-30+. The zero-order valence-electron chi connectivity index (χ0n) is 32.5. The van der Waals surface area contributed by atoms with Crippen LogP contribution in [0.4, 0.5) is 0 Å². The summed E-state index contributed by atoms with van der Waals surface area (Å²) in [6, 6.07) is -0.976. The van der Waals surface area contributed by atoms with Crippen LogP contribution >= 0.6 is 7.82 Å². The van der Waals surface area contributed by atoms with Gasteiger partial charge < -0.3 is 26.2 Å². The molecule has 0 aromatic heterocycles. The lowest BCUT2D eigenvalue weighted by atomic mass is 10.0. The highest BCUT2D eigenvalue weighted by atomic mass is 31.2. The van der Waals surface area contributed by atoms with Gasteiger partial charge >= 0.3 is 7.82 Å². The number of nitrogens with two attached hydrogens (primary N) is 1. The number of nitrogens with one attached hydrogen (secondary N) is 1. The molecule has 0 fully saturated rings. The Morgan fingerprint density at radius 3 is 1.54 bits per heavy atom. The number of allylic oxidation sites excluding steroid dienone is 1. The SMILES string of the molecule is CCCCCCCCCCCCC/C=C/C(O)C(COP(=O)(O)OCCN)NC(=O)CC(O)CCCCCCCCCCCCCCCCC. The largest absolute Gasteiger partial charge is 0.472 e. The van der Waals surface area contributed by atoms with Crippen LogP contribution in [-0.2, 0) is 18.4 Å². The summed E-state index contributed by atoms with van der Waals surface area (Å²) in [7, 11) is -4.39. The molecule has 6 N–H and O–H groups in total. The van der Waals surface area contributed by atoms with Gasteiger partial charge in [0.2, 0.25) is 5.91 Å². The third kappa shape index (κ3) is 34.3. The highest BCUT2D eigenvalue weighted by molar-refractivity contribution is 7.47. The van der Waals surface area contributed by atoms with Crippen LogP contribution in [-0.4, -0.2) is 59.0 Å². The highest BCUT2D eigenvalue weighted by Crippen LogP contribution is 2.43. The molecule has 0 bridgehead atoms. The van der Waals surface area contributed by atoms with Crippen molar-refractivity contribution in [1.82, 2.24) is 5.32 Å². The lowest BCUT2D eigenvalue weighted by molar-refractivity contribution is -0.124. The summed E-state index contributed by atoms with van der Waals surface area (Å²) >= 11 is 0. The fraction of sp³-hybridized carbons (Fsp3) is 0.925. The van der Waals surface area contributed by atoms with Gasteiger partial charge in [0.25, 0.3) is 0 Å². The van der Waals surface area contributed by atoms with Crippen molar-refractivity contribution in [2.24, 2.45) is 5.73 Å². The minimum Gasteiger partial charge on any atom is -0.393 e. The summed E-state index contributed by atoms with van der Waals surface area (Å²) in [6.45, 7) is 3.97. The van der Waals surface area contributed by atoms with Gasteiger partial charge in [-0.25, -0.2) is 4.57 Å². The molecule has 4 atom stereocenters. The van der Waals surface area contributed by atoms with Crippen LogP contribution in [0, 0.1) is 0 Å². The quantitative estimate of drug-likeness (QED) is 0.0238. The Labute approximate surface area is 307 Å². The van der Waals surface area contributed by atoms with Crippen molar-refractivity contribution >= 4 is 13.7 Å². The fourth-order valence-corrected chi connectivity index (χ4v) is 6.99. The molecule has 4 unspecified atom stereocenters. The van der Waals surface area contributed by atoms with E-state index in [0.29, 0.717) is 6.42 Å². The Hall–Kier alpha value is -0.800. The minimum atomic E-state index is -4.39. The van der Waals surface area contributed by atoms with Crippen LogP contribution < -0.4 is 11.1 Å². The van der Waals surface area contributed by atoms with Crippen LogP contribution in [0.5, 0.6) is 0 Å². The lowest BCUT2D eigenvalue weighted by Gasteiger charge is -2.24. The first-order valence-electron chi connectivity index (χ1n) is 20.9. The molecule has 0 saturated carbocycles. The molecular formula is C40H81N2O7P. The molecule has 0 radical (unpaired) electrons. The van der Waals surface area contributed by atoms with Gasteiger partial charge in [-0.05, 0) is 19.3 Å². The van der Waals surface area contributed by atoms with E-state index in [-0.39, 0.29) is 19.6 Å². The van der Waals surface area contributed by atoms with Gasteiger partial charge in [0.15, 0.2) is 0 Å². The van der Waals surface area contributed by atoms with Gasteiger partial charge in [0.1, 0.15) is 0 Å². The zero-order chi connectivity index (χ0) is 37.0. The first-order valence-corrected chi connectivity index (χ1v) is 22.4. The normalized spacial score (nSPS) is 14.9. The monoisotopic (exact) mass is 733 g/mol. The van der Waals surface area contributed by atoms with Gasteiger partial charge in [0, 0.05) is 6.54 Å². The van der Waals surface area contributed by atoms with Crippen molar-refractivity contribution in [3.05, 3.63) is 12.2 Å². The zero-order valence-corrected chi connectivity index (χ0v) is 33.4. The van der Waals surface area contributed by atoms with Crippen LogP contribution in [0.25, 0.3) is 0 Å². The molecule has 0 aliphatic heterocycles. The van der Waals surface area contributed by atoms with Crippen molar-refractivity contribution in [2.45, 2.75) is 218 Å². The van der Waals surface area contributed by atoms with Crippen molar-refractivity contribution in [2.75, 3.05) is 19.8 Å². The molecule has 9 nitrogen and oxygen atoms in total. The van der Waals surface area contributed by atoms with E-state index in [1.165, 1.54) is 135 Å². The number of aliphatic hydroxyl groups excluding tert-OH is 2. The summed E-state index contributed by atoms with van der Waals surface area (Å²) in [5, 5.41) is 24.0. The maximum absolute atomic E-state index is 12.8. The van der Waals surface area contributed by atoms with E-state index in [2.05, 4.69) is 19.2 Å². The van der Waals surface area contributed by atoms with Crippen LogP contribution in [0.3, 0.4) is 0 Å². The van der Waals surface area contributed by atoms with Gasteiger partial charge in [-0.2, -0.15) is 0 Å². The van der Waals surface area contributed by atoms with E-state index >= 15 is 0 Å². The summed E-state index contributed by atoms with van der Waals surface area (Å²) in [5.41, 5.74) is 5.35. The molecule has 50 heavy (non-hydrogen) atoms. The molecular weight excluding hydrogens is 651 g/mol. The molecule has 0 aromatic rings. The Morgan fingerprint density at radius 2 is 1.10 bits per heavy atom. The highest BCUT2D eigenvalue weighted by Gasteiger charge is 2.27. The summed E-state index contributed by atoms with van der Waals surface area (Å²) in [6.07, 6.45) is 35.7. The third-order valence-electron chi connectivity index (χ3n) is 9.42. The number of rotatable bonds is 39. The Bertz CT molecular complexity index is 817. The van der Waals surface area contributed by atoms with Crippen LogP contribution in [0.1, 0.15) is 200 Å². The molecule has 0 aromatic carbocycles. The van der Waals surface area contributed by atoms with Crippen molar-refractivity contribution in [3.63, 3.8) is 0 Å². The number of carbonyl (C=O) groups is 1. The summed E-state index contributed by atoms with van der Waals surface area (Å²) in [4.78, 5) is 22.7. The first kappa shape index (κ1) is 49.2. The molecule has 298 valence electrons. The maximum Gasteiger partial charge on any atom is 0.472 e. The van der Waals surface area contributed by atoms with Gasteiger partial charge in [-0.15, -0.1) is 0 Å². The number of aliphatic hydroxyl groups is 2. The van der Waals surface area contributed by atoms with E-state index in [1.54, 1.807) is 6.08 Å². The number of phosphoric acid groups is 1. The Balaban J connectivity index is 4.33. The van der Waals surface area contributed by atoms with Gasteiger partial charge in [0.05, 0.1) is 37.9 Å². The predicted octanol–water partition coefficient (Wildman–Crippen LogP) is 10.2. The van der Waals surface area contributed by atoms with Crippen molar-refractivity contribution in [1.29, 1.82) is 0 Å². The Kier molecular flexibility index (Phi) is 36.0. The fourth-order valence-electron chi connectivity index (χ4n) is 6.23. The molecule has 10 heteroatoms. The first-order chi connectivity index (χ1) is 24.3. The molecule has 0 aliphatic rings. The number of amides is 1. The van der Waals surface area contributed by atoms with Gasteiger partial charge in [-0.1, -0.05) is 187 Å². The Morgan fingerprint density at radius 1 is 0.680 bits per heavy atom. The molecule has 0 rings (SSSR count). The average molecular weight is 733 g/mol. The average Bonchev–Trinajstić information content (AvgIpc) is 3.09. The maximum atomic E-state index is 12.8. The molecule has 0 aliphatic carbocycles. The topological polar surface area (TPSA) is 151 Å². The van der Waals surface area contributed by atoms with Crippen molar-refractivity contribution < 1.29 is 33.5 Å². The molecule has 0 spiro atoms. The molecule has 1 amide bonds. The molecule has 0 saturated heterocycles. The van der Waals surface area contributed by atoms with Crippen molar-refractivity contribution in [3.8, 4) is 0 Å². The number of hydrogen-bond acceptors (Lipinski definition) is 7. The second kappa shape index (κ2) is 36.6. The number of hydrogen-bond donors (Lipinski definition) is 5. The van der Waals surface area contributed by atoms with Crippen LogP contribution in [0.2, 0.25) is 0 Å². The number of unbranched alkanes of at least 4 members (excludes halogenated alkanes) is 25. The second-order valence-electron chi connectivity index (χ2n) is 14.4. The number of carbonyl (C=O) groups excluding carboxylic acids is 1. The predicted molar refractivity (Wildman–Crippen MR) is 209 cm³/mol. The molecule has 0 heterocycles.